The quantitative estimate of drug-likeness (QED) is 0.828. The second kappa shape index (κ2) is 7.71. The van der Waals surface area contributed by atoms with E-state index in [4.69, 9.17) is 0 Å². The number of aromatic nitrogens is 3. The maximum atomic E-state index is 4.41. The Bertz CT molecular complexity index is 579. The first-order valence-electron chi connectivity index (χ1n) is 7.51. The molecule has 0 aliphatic carbocycles. The average molecular weight is 351 g/mol. The molecule has 4 nitrogen and oxygen atoms in total. The first kappa shape index (κ1) is 16.2. The smallest absolute Gasteiger partial charge is 0.138 e. The van der Waals surface area contributed by atoms with Gasteiger partial charge >= 0.3 is 0 Å². The first-order chi connectivity index (χ1) is 10.2. The van der Waals surface area contributed by atoms with Crippen molar-refractivity contribution in [2.24, 2.45) is 0 Å². The van der Waals surface area contributed by atoms with E-state index >= 15 is 0 Å². The number of benzene rings is 1. The summed E-state index contributed by atoms with van der Waals surface area (Å²) >= 11 is 3.58. The Hall–Kier alpha value is -1.20. The lowest BCUT2D eigenvalue weighted by Crippen LogP contribution is -2.26. The molecule has 1 aromatic carbocycles. The molecule has 0 spiro atoms. The molecule has 1 aromatic heterocycles. The van der Waals surface area contributed by atoms with Crippen LogP contribution in [0.3, 0.4) is 0 Å². The fraction of sp³-hybridized carbons (Fsp3) is 0.500. The van der Waals surface area contributed by atoms with Crippen LogP contribution in [0.4, 0.5) is 0 Å². The molecule has 21 heavy (non-hydrogen) atoms. The SMILES string of the molecule is CCCNC(Cc1ncnn1CC)c1cc(Br)ccc1C. The van der Waals surface area contributed by atoms with E-state index in [1.807, 2.05) is 4.68 Å². The van der Waals surface area contributed by atoms with E-state index in [1.165, 1.54) is 11.1 Å². The molecule has 1 heterocycles. The second-order valence-electron chi connectivity index (χ2n) is 5.20. The van der Waals surface area contributed by atoms with Gasteiger partial charge in [-0.25, -0.2) is 4.98 Å². The minimum absolute atomic E-state index is 0.261. The van der Waals surface area contributed by atoms with Crippen LogP contribution in [0, 0.1) is 6.92 Å². The van der Waals surface area contributed by atoms with Gasteiger partial charge in [0, 0.05) is 23.5 Å². The van der Waals surface area contributed by atoms with E-state index in [2.05, 4.69) is 70.3 Å². The predicted molar refractivity (Wildman–Crippen MR) is 89.3 cm³/mol. The fourth-order valence-electron chi connectivity index (χ4n) is 2.49. The number of hydrogen-bond donors (Lipinski definition) is 1. The Morgan fingerprint density at radius 1 is 1.33 bits per heavy atom. The van der Waals surface area contributed by atoms with E-state index in [0.29, 0.717) is 0 Å². The van der Waals surface area contributed by atoms with Crippen LogP contribution in [-0.2, 0) is 13.0 Å². The van der Waals surface area contributed by atoms with Crippen molar-refractivity contribution in [2.45, 2.75) is 46.2 Å². The zero-order valence-electron chi connectivity index (χ0n) is 12.9. The largest absolute Gasteiger partial charge is 0.310 e. The Labute approximate surface area is 135 Å². The number of nitrogens with one attached hydrogen (secondary N) is 1. The molecule has 1 N–H and O–H groups in total. The van der Waals surface area contributed by atoms with Gasteiger partial charge in [0.25, 0.3) is 0 Å². The third kappa shape index (κ3) is 4.14. The van der Waals surface area contributed by atoms with Crippen molar-refractivity contribution in [3.05, 3.63) is 46.0 Å². The number of halogens is 1. The minimum Gasteiger partial charge on any atom is -0.310 e. The maximum Gasteiger partial charge on any atom is 0.138 e. The molecular formula is C16H23BrN4. The van der Waals surface area contributed by atoms with Crippen molar-refractivity contribution < 1.29 is 0 Å². The third-order valence-corrected chi connectivity index (χ3v) is 4.13. The van der Waals surface area contributed by atoms with Crippen molar-refractivity contribution in [1.29, 1.82) is 0 Å². The van der Waals surface area contributed by atoms with Gasteiger partial charge in [-0.15, -0.1) is 0 Å². The van der Waals surface area contributed by atoms with Crippen molar-refractivity contribution in [3.63, 3.8) is 0 Å². The van der Waals surface area contributed by atoms with Crippen LogP contribution >= 0.6 is 15.9 Å². The summed E-state index contributed by atoms with van der Waals surface area (Å²) in [5, 5.41) is 7.91. The van der Waals surface area contributed by atoms with Crippen molar-refractivity contribution in [3.8, 4) is 0 Å². The van der Waals surface area contributed by atoms with Crippen molar-refractivity contribution in [2.75, 3.05) is 6.54 Å². The summed E-state index contributed by atoms with van der Waals surface area (Å²) in [6, 6.07) is 6.71. The Kier molecular flexibility index (Phi) is 5.94. The number of aryl methyl sites for hydroxylation is 2. The Morgan fingerprint density at radius 3 is 2.86 bits per heavy atom. The molecule has 0 amide bonds. The van der Waals surface area contributed by atoms with E-state index < -0.39 is 0 Å². The molecule has 5 heteroatoms. The molecule has 114 valence electrons. The van der Waals surface area contributed by atoms with Gasteiger partial charge in [0.2, 0.25) is 0 Å². The average Bonchev–Trinajstić information content (AvgIpc) is 2.93. The summed E-state index contributed by atoms with van der Waals surface area (Å²) in [6.07, 6.45) is 3.61. The highest BCUT2D eigenvalue weighted by Gasteiger charge is 2.17. The molecular weight excluding hydrogens is 328 g/mol. The molecule has 0 saturated heterocycles. The van der Waals surface area contributed by atoms with Crippen LogP contribution in [0.2, 0.25) is 0 Å². The van der Waals surface area contributed by atoms with Gasteiger partial charge in [-0.2, -0.15) is 5.10 Å². The van der Waals surface area contributed by atoms with Crippen molar-refractivity contribution in [1.82, 2.24) is 20.1 Å². The molecule has 1 unspecified atom stereocenters. The van der Waals surface area contributed by atoms with Gasteiger partial charge in [-0.05, 0) is 50.1 Å². The molecule has 0 aliphatic heterocycles. The lowest BCUT2D eigenvalue weighted by Gasteiger charge is -2.21. The summed E-state index contributed by atoms with van der Waals surface area (Å²) in [5.41, 5.74) is 2.62. The molecule has 0 aliphatic rings. The van der Waals surface area contributed by atoms with Gasteiger partial charge < -0.3 is 5.32 Å². The summed E-state index contributed by atoms with van der Waals surface area (Å²) in [5.74, 6) is 1.03. The van der Waals surface area contributed by atoms with Gasteiger partial charge in [-0.3, -0.25) is 4.68 Å². The van der Waals surface area contributed by atoms with E-state index in [9.17, 15) is 0 Å². The summed E-state index contributed by atoms with van der Waals surface area (Å²) in [7, 11) is 0. The molecule has 0 bridgehead atoms. The normalized spacial score (nSPS) is 12.6. The summed E-state index contributed by atoms with van der Waals surface area (Å²) in [6.45, 7) is 8.29. The molecule has 2 aromatic rings. The molecule has 0 fully saturated rings. The van der Waals surface area contributed by atoms with E-state index in [0.717, 1.165) is 36.2 Å². The molecule has 0 saturated carbocycles. The number of nitrogens with zero attached hydrogens (tertiary/aromatic N) is 3. The van der Waals surface area contributed by atoms with E-state index in [-0.39, 0.29) is 6.04 Å². The molecule has 1 atom stereocenters. The highest BCUT2D eigenvalue weighted by atomic mass is 79.9. The lowest BCUT2D eigenvalue weighted by atomic mass is 9.98. The second-order valence-corrected chi connectivity index (χ2v) is 6.12. The van der Waals surface area contributed by atoms with Crippen molar-refractivity contribution >= 4 is 15.9 Å². The van der Waals surface area contributed by atoms with Crippen LogP contribution in [-0.4, -0.2) is 21.3 Å². The van der Waals surface area contributed by atoms with Gasteiger partial charge in [0.1, 0.15) is 12.2 Å². The standard InChI is InChI=1S/C16H23BrN4/c1-4-8-18-15(10-16-19-11-20-21(16)5-2)14-9-13(17)7-6-12(14)3/h6-7,9,11,15,18H,4-5,8,10H2,1-3H3. The molecule has 2 rings (SSSR count). The Balaban J connectivity index is 2.27. The highest BCUT2D eigenvalue weighted by Crippen LogP contribution is 2.24. The summed E-state index contributed by atoms with van der Waals surface area (Å²) in [4.78, 5) is 4.41. The van der Waals surface area contributed by atoms with E-state index in [1.54, 1.807) is 6.33 Å². The van der Waals surface area contributed by atoms with Gasteiger partial charge in [0.05, 0.1) is 0 Å². The maximum absolute atomic E-state index is 4.41. The zero-order chi connectivity index (χ0) is 15.2. The van der Waals surface area contributed by atoms with Gasteiger partial charge in [0.15, 0.2) is 0 Å². The lowest BCUT2D eigenvalue weighted by molar-refractivity contribution is 0.495. The van der Waals surface area contributed by atoms with Crippen LogP contribution < -0.4 is 5.32 Å². The minimum atomic E-state index is 0.261. The predicted octanol–water partition coefficient (Wildman–Crippen LogP) is 3.65. The van der Waals surface area contributed by atoms with Crippen LogP contribution in [0.1, 0.15) is 43.3 Å². The summed E-state index contributed by atoms with van der Waals surface area (Å²) < 4.78 is 3.08. The zero-order valence-corrected chi connectivity index (χ0v) is 14.5. The number of hydrogen-bond acceptors (Lipinski definition) is 3. The van der Waals surface area contributed by atoms with Crippen LogP contribution in [0.25, 0.3) is 0 Å². The third-order valence-electron chi connectivity index (χ3n) is 3.64. The monoisotopic (exact) mass is 350 g/mol. The van der Waals surface area contributed by atoms with Crippen LogP contribution in [0.15, 0.2) is 29.0 Å². The topological polar surface area (TPSA) is 42.7 Å². The first-order valence-corrected chi connectivity index (χ1v) is 8.31. The van der Waals surface area contributed by atoms with Crippen LogP contribution in [0.5, 0.6) is 0 Å². The van der Waals surface area contributed by atoms with Gasteiger partial charge in [-0.1, -0.05) is 28.9 Å². The highest BCUT2D eigenvalue weighted by molar-refractivity contribution is 9.10. The molecule has 0 radical (unpaired) electrons. The fourth-order valence-corrected chi connectivity index (χ4v) is 2.87. The number of rotatable bonds is 7. The Morgan fingerprint density at radius 2 is 2.14 bits per heavy atom.